The van der Waals surface area contributed by atoms with Gasteiger partial charge in [0, 0.05) is 31.6 Å². The highest BCUT2D eigenvalue weighted by atomic mass is 35.5. The zero-order valence-corrected chi connectivity index (χ0v) is 16.0. The molecule has 0 aliphatic rings. The van der Waals surface area contributed by atoms with E-state index < -0.39 is 21.7 Å². The van der Waals surface area contributed by atoms with Gasteiger partial charge in [-0.15, -0.1) is 0 Å². The molecule has 2 heterocycles. The Kier molecular flexibility index (Phi) is 5.34. The molecule has 2 aromatic heterocycles. The largest absolute Gasteiger partial charge is 0.465 e. The summed E-state index contributed by atoms with van der Waals surface area (Å²) in [6.45, 7) is -0.176. The van der Waals surface area contributed by atoms with Crippen LogP contribution in [0.25, 0.3) is 5.69 Å². The number of hydrogen-bond donors (Lipinski definition) is 1. The number of hydrogen-bond acceptors (Lipinski definition) is 5. The number of carbonyl (C=O) groups is 1. The van der Waals surface area contributed by atoms with Crippen LogP contribution in [-0.2, 0) is 16.4 Å². The van der Waals surface area contributed by atoms with Gasteiger partial charge >= 0.3 is 6.09 Å². The van der Waals surface area contributed by atoms with E-state index in [-0.39, 0.29) is 32.9 Å². The van der Waals surface area contributed by atoms with Crippen LogP contribution in [0.2, 0.25) is 5.02 Å². The fraction of sp³-hybridized carbons (Fsp3) is 0.118. The smallest absolute Gasteiger partial charge is 0.407 e. The van der Waals surface area contributed by atoms with E-state index in [1.165, 1.54) is 43.7 Å². The van der Waals surface area contributed by atoms with Gasteiger partial charge in [-0.05, 0) is 24.3 Å². The summed E-state index contributed by atoms with van der Waals surface area (Å²) < 4.78 is 40.9. The van der Waals surface area contributed by atoms with Crippen molar-refractivity contribution in [2.75, 3.05) is 7.05 Å². The number of rotatable bonds is 5. The molecule has 0 saturated heterocycles. The first-order valence-electron chi connectivity index (χ1n) is 7.83. The van der Waals surface area contributed by atoms with Gasteiger partial charge in [0.05, 0.1) is 27.8 Å². The summed E-state index contributed by atoms with van der Waals surface area (Å²) in [7, 11) is -2.78. The Hall–Kier alpha value is -2.98. The molecule has 0 saturated carbocycles. The van der Waals surface area contributed by atoms with Gasteiger partial charge in [0.15, 0.2) is 5.03 Å². The molecule has 0 fully saturated rings. The normalized spacial score (nSPS) is 11.4. The zero-order chi connectivity index (χ0) is 20.5. The second-order valence-corrected chi connectivity index (χ2v) is 8.12. The first kappa shape index (κ1) is 19.8. The Labute approximate surface area is 164 Å². The number of carboxylic acid groups (broad SMARTS) is 1. The highest BCUT2D eigenvalue weighted by molar-refractivity contribution is 7.91. The van der Waals surface area contributed by atoms with Crippen molar-refractivity contribution in [1.29, 1.82) is 0 Å². The van der Waals surface area contributed by atoms with Crippen LogP contribution in [0.1, 0.15) is 5.69 Å². The molecule has 0 radical (unpaired) electrons. The Balaban J connectivity index is 2.21. The van der Waals surface area contributed by atoms with Crippen molar-refractivity contribution in [2.45, 2.75) is 16.5 Å². The van der Waals surface area contributed by atoms with E-state index in [9.17, 15) is 17.6 Å². The number of pyridine rings is 1. The number of amides is 1. The molecule has 0 atom stereocenters. The standard InChI is InChI=1S/C17H14ClFN4O4S/c1-22(17(24)25)10-12-8-16(28(26,27)13-3-2-6-20-9-13)23(21-12)15-7-11(19)4-5-14(15)18/h2-9H,10H2,1H3,(H,24,25). The topological polar surface area (TPSA) is 105 Å². The lowest BCUT2D eigenvalue weighted by molar-refractivity contribution is 0.153. The lowest BCUT2D eigenvalue weighted by atomic mass is 10.3. The Morgan fingerprint density at radius 3 is 2.71 bits per heavy atom. The van der Waals surface area contributed by atoms with Gasteiger partial charge in [-0.3, -0.25) is 4.98 Å². The summed E-state index contributed by atoms with van der Waals surface area (Å²) in [5.41, 5.74) is 0.154. The Morgan fingerprint density at radius 1 is 1.32 bits per heavy atom. The van der Waals surface area contributed by atoms with E-state index in [0.29, 0.717) is 0 Å². The van der Waals surface area contributed by atoms with Crippen molar-refractivity contribution in [3.05, 3.63) is 65.3 Å². The summed E-state index contributed by atoms with van der Waals surface area (Å²) in [5.74, 6) is -0.635. The summed E-state index contributed by atoms with van der Waals surface area (Å²) in [6.07, 6.45) is 1.38. The van der Waals surface area contributed by atoms with Gasteiger partial charge in [0.25, 0.3) is 0 Å². The maximum Gasteiger partial charge on any atom is 0.407 e. The van der Waals surface area contributed by atoms with Gasteiger partial charge in [-0.25, -0.2) is 22.3 Å². The molecule has 146 valence electrons. The second-order valence-electron chi connectivity index (χ2n) is 5.81. The molecule has 0 bridgehead atoms. The van der Waals surface area contributed by atoms with Crippen LogP contribution in [0.4, 0.5) is 9.18 Å². The number of nitrogens with zero attached hydrogens (tertiary/aromatic N) is 4. The molecule has 3 aromatic rings. The molecule has 1 N–H and O–H groups in total. The molecule has 0 spiro atoms. The quantitative estimate of drug-likeness (QED) is 0.675. The summed E-state index contributed by atoms with van der Waals surface area (Å²) in [6, 6.07) is 7.49. The molecule has 11 heteroatoms. The van der Waals surface area contributed by atoms with Crippen LogP contribution >= 0.6 is 11.6 Å². The third-order valence-corrected chi connectivity index (χ3v) is 5.83. The minimum absolute atomic E-state index is 0.00774. The monoisotopic (exact) mass is 424 g/mol. The van der Waals surface area contributed by atoms with E-state index in [1.807, 2.05) is 0 Å². The molecule has 0 aliphatic carbocycles. The molecule has 0 unspecified atom stereocenters. The maximum absolute atomic E-state index is 13.8. The third-order valence-electron chi connectivity index (χ3n) is 3.81. The minimum Gasteiger partial charge on any atom is -0.465 e. The fourth-order valence-electron chi connectivity index (χ4n) is 2.44. The van der Waals surface area contributed by atoms with Gasteiger partial charge < -0.3 is 10.0 Å². The van der Waals surface area contributed by atoms with Crippen molar-refractivity contribution >= 4 is 27.5 Å². The SMILES string of the molecule is CN(Cc1cc(S(=O)(=O)c2cccnc2)n(-c2cc(F)ccc2Cl)n1)C(=O)O. The van der Waals surface area contributed by atoms with Crippen LogP contribution < -0.4 is 0 Å². The summed E-state index contributed by atoms with van der Waals surface area (Å²) in [5, 5.41) is 13.0. The molecule has 1 amide bonds. The number of benzene rings is 1. The van der Waals surface area contributed by atoms with Crippen molar-refractivity contribution in [3.8, 4) is 5.69 Å². The van der Waals surface area contributed by atoms with E-state index in [2.05, 4.69) is 10.1 Å². The van der Waals surface area contributed by atoms with Crippen LogP contribution in [0, 0.1) is 5.82 Å². The highest BCUT2D eigenvalue weighted by Crippen LogP contribution is 2.28. The number of sulfone groups is 1. The van der Waals surface area contributed by atoms with Crippen LogP contribution in [0.3, 0.4) is 0 Å². The molecule has 8 nitrogen and oxygen atoms in total. The maximum atomic E-state index is 13.8. The minimum atomic E-state index is -4.09. The summed E-state index contributed by atoms with van der Waals surface area (Å²) in [4.78, 5) is 15.7. The molecular formula is C17H14ClFN4O4S. The van der Waals surface area contributed by atoms with Gasteiger partial charge in [-0.1, -0.05) is 11.6 Å². The number of aromatic nitrogens is 3. The van der Waals surface area contributed by atoms with Crippen molar-refractivity contribution in [3.63, 3.8) is 0 Å². The predicted octanol–water partition coefficient (Wildman–Crippen LogP) is 3.00. The van der Waals surface area contributed by atoms with Gasteiger partial charge in [0.2, 0.25) is 9.84 Å². The van der Waals surface area contributed by atoms with E-state index in [1.54, 1.807) is 0 Å². The summed E-state index contributed by atoms with van der Waals surface area (Å²) >= 11 is 6.13. The average Bonchev–Trinajstić information content (AvgIpc) is 3.08. The molecule has 28 heavy (non-hydrogen) atoms. The van der Waals surface area contributed by atoms with Crippen LogP contribution in [0.15, 0.2) is 58.7 Å². The molecular weight excluding hydrogens is 411 g/mol. The molecule has 0 aliphatic heterocycles. The van der Waals surface area contributed by atoms with E-state index in [0.717, 1.165) is 21.7 Å². The predicted molar refractivity (Wildman–Crippen MR) is 97.7 cm³/mol. The van der Waals surface area contributed by atoms with Crippen LogP contribution in [-0.4, -0.2) is 46.3 Å². The molecule has 1 aromatic carbocycles. The lowest BCUT2D eigenvalue weighted by Crippen LogP contribution is -2.24. The van der Waals surface area contributed by atoms with Gasteiger partial charge in [0.1, 0.15) is 5.82 Å². The lowest BCUT2D eigenvalue weighted by Gasteiger charge is -2.11. The van der Waals surface area contributed by atoms with Crippen molar-refractivity contribution in [1.82, 2.24) is 19.7 Å². The second kappa shape index (κ2) is 7.56. The number of halogens is 2. The Bertz CT molecular complexity index is 1140. The third kappa shape index (κ3) is 3.82. The molecule has 3 rings (SSSR count). The van der Waals surface area contributed by atoms with E-state index >= 15 is 0 Å². The first-order chi connectivity index (χ1) is 13.2. The van der Waals surface area contributed by atoms with Crippen LogP contribution in [0.5, 0.6) is 0 Å². The first-order valence-corrected chi connectivity index (χ1v) is 9.70. The highest BCUT2D eigenvalue weighted by Gasteiger charge is 2.27. The van der Waals surface area contributed by atoms with Gasteiger partial charge in [-0.2, -0.15) is 5.10 Å². The average molecular weight is 425 g/mol. The zero-order valence-electron chi connectivity index (χ0n) is 14.5. The fourth-order valence-corrected chi connectivity index (χ4v) is 3.99. The van der Waals surface area contributed by atoms with Crippen molar-refractivity contribution < 1.29 is 22.7 Å². The van der Waals surface area contributed by atoms with Crippen molar-refractivity contribution in [2.24, 2.45) is 0 Å². The van der Waals surface area contributed by atoms with E-state index in [4.69, 9.17) is 16.7 Å². The Morgan fingerprint density at radius 2 is 2.07 bits per heavy atom.